The van der Waals surface area contributed by atoms with Crippen LogP contribution in [0.3, 0.4) is 0 Å². The van der Waals surface area contributed by atoms with Gasteiger partial charge in [-0.1, -0.05) is 24.3 Å². The molecule has 0 radical (unpaired) electrons. The molecule has 5 heteroatoms. The highest BCUT2D eigenvalue weighted by Crippen LogP contribution is 2.23. The Bertz CT molecular complexity index is 734. The van der Waals surface area contributed by atoms with Gasteiger partial charge in [0.1, 0.15) is 11.4 Å². The maximum atomic E-state index is 12.5. The van der Waals surface area contributed by atoms with Crippen LogP contribution in [0.15, 0.2) is 36.5 Å². The average Bonchev–Trinajstić information content (AvgIpc) is 2.58. The fraction of sp³-hybridized carbons (Fsp3) is 0.500. The largest absolute Gasteiger partial charge is 0.444 e. The molecule has 1 saturated heterocycles. The number of nitrogens with one attached hydrogen (secondary N) is 1. The van der Waals surface area contributed by atoms with E-state index in [0.717, 1.165) is 42.4 Å². The number of piperidine rings is 1. The van der Waals surface area contributed by atoms with Crippen LogP contribution < -0.4 is 5.32 Å². The number of hydrogen-bond donors (Lipinski definition) is 1. The van der Waals surface area contributed by atoms with Gasteiger partial charge >= 0.3 is 6.09 Å². The van der Waals surface area contributed by atoms with Crippen LogP contribution in [0.2, 0.25) is 0 Å². The van der Waals surface area contributed by atoms with Gasteiger partial charge in [-0.15, -0.1) is 0 Å². The minimum Gasteiger partial charge on any atom is -0.444 e. The zero-order valence-corrected chi connectivity index (χ0v) is 15.3. The number of ether oxygens (including phenoxy) is 1. The van der Waals surface area contributed by atoms with Crippen molar-refractivity contribution in [3.63, 3.8) is 0 Å². The summed E-state index contributed by atoms with van der Waals surface area (Å²) in [7, 11) is 0. The number of anilines is 1. The van der Waals surface area contributed by atoms with E-state index in [1.54, 1.807) is 0 Å². The number of pyridine rings is 1. The number of benzene rings is 1. The quantitative estimate of drug-likeness (QED) is 0.897. The van der Waals surface area contributed by atoms with E-state index in [9.17, 15) is 4.79 Å². The Hall–Kier alpha value is -2.30. The number of carbonyl (C=O) groups excluding carboxylic acids is 1. The van der Waals surface area contributed by atoms with Crippen molar-refractivity contribution in [2.24, 2.45) is 0 Å². The zero-order valence-electron chi connectivity index (χ0n) is 15.3. The lowest BCUT2D eigenvalue weighted by atomic mass is 10.0. The third-order valence-corrected chi connectivity index (χ3v) is 4.43. The van der Waals surface area contributed by atoms with E-state index in [1.165, 1.54) is 0 Å². The first-order valence-electron chi connectivity index (χ1n) is 9.01. The number of aromatic nitrogens is 1. The van der Waals surface area contributed by atoms with Crippen molar-refractivity contribution in [2.45, 2.75) is 51.7 Å². The Morgan fingerprint density at radius 2 is 2.08 bits per heavy atom. The fourth-order valence-corrected chi connectivity index (χ4v) is 3.25. The molecule has 1 unspecified atom stereocenters. The molecule has 1 N–H and O–H groups in total. The average molecular weight is 341 g/mol. The van der Waals surface area contributed by atoms with Gasteiger partial charge in [-0.2, -0.15) is 0 Å². The van der Waals surface area contributed by atoms with E-state index in [1.807, 2.05) is 50.1 Å². The van der Waals surface area contributed by atoms with E-state index >= 15 is 0 Å². The van der Waals surface area contributed by atoms with Crippen LogP contribution in [0.25, 0.3) is 10.8 Å². The molecule has 1 amide bonds. The summed E-state index contributed by atoms with van der Waals surface area (Å²) in [5.74, 6) is 0.868. The van der Waals surface area contributed by atoms with Gasteiger partial charge in [0.25, 0.3) is 0 Å². The van der Waals surface area contributed by atoms with Crippen molar-refractivity contribution in [3.8, 4) is 0 Å². The van der Waals surface area contributed by atoms with Gasteiger partial charge in [0.15, 0.2) is 0 Å². The highest BCUT2D eigenvalue weighted by molar-refractivity contribution is 5.91. The third-order valence-electron chi connectivity index (χ3n) is 4.43. The molecule has 2 aromatic rings. The maximum absolute atomic E-state index is 12.5. The standard InChI is InChI=1S/C20H27N3O2/c1-20(2,3)25-19(24)23-13-7-6-9-16(23)14-22-18-17-10-5-4-8-15(17)11-12-21-18/h4-5,8,10-12,16H,6-7,9,13-14H2,1-3H3,(H,21,22). The lowest BCUT2D eigenvalue weighted by Gasteiger charge is -2.37. The number of fused-ring (bicyclic) bond motifs is 1. The summed E-state index contributed by atoms with van der Waals surface area (Å²) in [6.45, 7) is 7.15. The summed E-state index contributed by atoms with van der Waals surface area (Å²) in [5.41, 5.74) is -0.469. The molecule has 1 atom stereocenters. The van der Waals surface area contributed by atoms with Crippen LogP contribution in [-0.4, -0.2) is 40.7 Å². The molecular weight excluding hydrogens is 314 g/mol. The molecule has 0 saturated carbocycles. The molecule has 1 aromatic heterocycles. The lowest BCUT2D eigenvalue weighted by Crippen LogP contribution is -2.48. The summed E-state index contributed by atoms with van der Waals surface area (Å²) >= 11 is 0. The van der Waals surface area contributed by atoms with Crippen molar-refractivity contribution < 1.29 is 9.53 Å². The van der Waals surface area contributed by atoms with Gasteiger partial charge < -0.3 is 15.0 Å². The van der Waals surface area contributed by atoms with Crippen LogP contribution in [0, 0.1) is 0 Å². The Balaban J connectivity index is 1.70. The first-order valence-corrected chi connectivity index (χ1v) is 9.01. The van der Waals surface area contributed by atoms with Gasteiger partial charge in [0.05, 0.1) is 6.04 Å². The number of amides is 1. The second kappa shape index (κ2) is 7.30. The summed E-state index contributed by atoms with van der Waals surface area (Å²) in [5, 5.41) is 5.71. The molecule has 0 aliphatic carbocycles. The second-order valence-electron chi connectivity index (χ2n) is 7.58. The minimum atomic E-state index is -0.469. The summed E-state index contributed by atoms with van der Waals surface area (Å²) in [6.07, 6.45) is 4.75. The van der Waals surface area contributed by atoms with E-state index in [-0.39, 0.29) is 12.1 Å². The van der Waals surface area contributed by atoms with Crippen molar-refractivity contribution in [1.82, 2.24) is 9.88 Å². The van der Waals surface area contributed by atoms with E-state index in [2.05, 4.69) is 22.4 Å². The van der Waals surface area contributed by atoms with Gasteiger partial charge in [0.2, 0.25) is 0 Å². The van der Waals surface area contributed by atoms with Gasteiger partial charge in [-0.25, -0.2) is 9.78 Å². The molecule has 1 aliphatic heterocycles. The number of likely N-dealkylation sites (tertiary alicyclic amines) is 1. The minimum absolute atomic E-state index is 0.129. The Labute approximate surface area is 149 Å². The first kappa shape index (κ1) is 17.5. The summed E-state index contributed by atoms with van der Waals surface area (Å²) < 4.78 is 5.57. The van der Waals surface area contributed by atoms with Crippen molar-refractivity contribution in [1.29, 1.82) is 0 Å². The molecule has 0 bridgehead atoms. The Morgan fingerprint density at radius 1 is 1.28 bits per heavy atom. The van der Waals surface area contributed by atoms with Crippen LogP contribution >= 0.6 is 0 Å². The van der Waals surface area contributed by atoms with Gasteiger partial charge in [0, 0.05) is 24.7 Å². The highest BCUT2D eigenvalue weighted by Gasteiger charge is 2.30. The fourth-order valence-electron chi connectivity index (χ4n) is 3.25. The molecule has 1 aromatic carbocycles. The topological polar surface area (TPSA) is 54.5 Å². The van der Waals surface area contributed by atoms with Crippen LogP contribution in [0.4, 0.5) is 10.6 Å². The molecule has 1 aliphatic rings. The smallest absolute Gasteiger partial charge is 0.410 e. The van der Waals surface area contributed by atoms with Crippen molar-refractivity contribution >= 4 is 22.7 Å². The number of hydrogen-bond acceptors (Lipinski definition) is 4. The second-order valence-corrected chi connectivity index (χ2v) is 7.58. The monoisotopic (exact) mass is 341 g/mol. The predicted octanol–water partition coefficient (Wildman–Crippen LogP) is 4.44. The predicted molar refractivity (Wildman–Crippen MR) is 101 cm³/mol. The zero-order chi connectivity index (χ0) is 17.9. The van der Waals surface area contributed by atoms with Gasteiger partial charge in [-0.3, -0.25) is 0 Å². The third kappa shape index (κ3) is 4.41. The molecule has 0 spiro atoms. The van der Waals surface area contributed by atoms with Crippen LogP contribution in [0.1, 0.15) is 40.0 Å². The van der Waals surface area contributed by atoms with Crippen LogP contribution in [-0.2, 0) is 4.74 Å². The Morgan fingerprint density at radius 3 is 2.88 bits per heavy atom. The summed E-state index contributed by atoms with van der Waals surface area (Å²) in [6, 6.07) is 10.3. The molecule has 2 heterocycles. The molecule has 1 fully saturated rings. The van der Waals surface area contributed by atoms with Gasteiger partial charge in [-0.05, 0) is 51.5 Å². The molecule has 5 nitrogen and oxygen atoms in total. The normalized spacial score (nSPS) is 18.2. The summed E-state index contributed by atoms with van der Waals surface area (Å²) in [4.78, 5) is 18.9. The van der Waals surface area contributed by atoms with Crippen molar-refractivity contribution in [3.05, 3.63) is 36.5 Å². The number of carbonyl (C=O) groups is 1. The van der Waals surface area contributed by atoms with E-state index in [4.69, 9.17) is 4.74 Å². The number of nitrogens with zero attached hydrogens (tertiary/aromatic N) is 2. The molecular formula is C20H27N3O2. The van der Waals surface area contributed by atoms with Crippen molar-refractivity contribution in [2.75, 3.05) is 18.4 Å². The lowest BCUT2D eigenvalue weighted by molar-refractivity contribution is 0.0114. The molecule has 3 rings (SSSR count). The van der Waals surface area contributed by atoms with E-state index in [0.29, 0.717) is 6.54 Å². The maximum Gasteiger partial charge on any atom is 0.410 e. The number of rotatable bonds is 3. The Kier molecular flexibility index (Phi) is 5.11. The molecule has 25 heavy (non-hydrogen) atoms. The van der Waals surface area contributed by atoms with Crippen LogP contribution in [0.5, 0.6) is 0 Å². The van der Waals surface area contributed by atoms with E-state index < -0.39 is 5.60 Å². The molecule has 134 valence electrons. The SMILES string of the molecule is CC(C)(C)OC(=O)N1CCCCC1CNc1nccc2ccccc12. The highest BCUT2D eigenvalue weighted by atomic mass is 16.6. The first-order chi connectivity index (χ1) is 11.9.